The highest BCUT2D eigenvalue weighted by Crippen LogP contribution is 2.67. The average molecular weight is 699 g/mol. The van der Waals surface area contributed by atoms with Gasteiger partial charge in [0.2, 0.25) is 0 Å². The smallest absolute Gasteiger partial charge is 0.344 e. The average Bonchev–Trinajstić information content (AvgIpc) is 3.45. The van der Waals surface area contributed by atoms with E-state index in [0.29, 0.717) is 21.4 Å². The molecule has 50 heavy (non-hydrogen) atoms. The van der Waals surface area contributed by atoms with Gasteiger partial charge in [-0.15, -0.1) is 0 Å². The van der Waals surface area contributed by atoms with Gasteiger partial charge in [-0.3, -0.25) is 0 Å². The molecule has 3 aromatic rings. The summed E-state index contributed by atoms with van der Waals surface area (Å²) in [4.78, 5) is 25.5. The normalized spacial score (nSPS) is 31.0. The van der Waals surface area contributed by atoms with Gasteiger partial charge in [0.25, 0.3) is 0 Å². The van der Waals surface area contributed by atoms with Crippen LogP contribution in [-0.2, 0) is 9.53 Å². The van der Waals surface area contributed by atoms with Crippen LogP contribution in [-0.4, -0.2) is 18.7 Å². The maximum absolute atomic E-state index is 13.1. The van der Waals surface area contributed by atoms with Crippen LogP contribution in [0.15, 0.2) is 69.4 Å². The van der Waals surface area contributed by atoms with Gasteiger partial charge in [-0.2, -0.15) is 0 Å². The summed E-state index contributed by atoms with van der Waals surface area (Å²) in [5, 5.41) is 1.04. The topological polar surface area (TPSA) is 65.7 Å². The summed E-state index contributed by atoms with van der Waals surface area (Å²) in [6.07, 6.45) is 16.0. The molecule has 3 saturated carbocycles. The SMILES string of the molecule is CC(C)CCC[C@@H](C)[C@@H]1CC[C@@H]2[C@H]3CC=C4C[C@@H](OC(=O)COc5cc6oc(=O)cc(-c7ccccc7)c6cc5Cl)CC[C@]4(C)[C@@H]3CC[C@]21C. The van der Waals surface area contributed by atoms with E-state index in [0.717, 1.165) is 65.9 Å². The van der Waals surface area contributed by atoms with Crippen LogP contribution in [0.2, 0.25) is 5.02 Å². The van der Waals surface area contributed by atoms with Crippen LogP contribution >= 0.6 is 11.6 Å². The van der Waals surface area contributed by atoms with Gasteiger partial charge in [0.05, 0.1) is 5.02 Å². The van der Waals surface area contributed by atoms with E-state index >= 15 is 0 Å². The lowest BCUT2D eigenvalue weighted by Crippen LogP contribution is -2.51. The molecule has 6 heteroatoms. The van der Waals surface area contributed by atoms with Gasteiger partial charge >= 0.3 is 11.6 Å². The van der Waals surface area contributed by atoms with Crippen molar-refractivity contribution >= 4 is 28.5 Å². The first-order valence-corrected chi connectivity index (χ1v) is 19.7. The van der Waals surface area contributed by atoms with Crippen LogP contribution < -0.4 is 10.4 Å². The second-order valence-corrected chi connectivity index (χ2v) is 17.5. The Balaban J connectivity index is 0.973. The Morgan fingerprint density at radius 2 is 1.78 bits per heavy atom. The Morgan fingerprint density at radius 3 is 2.56 bits per heavy atom. The zero-order valence-electron chi connectivity index (χ0n) is 30.6. The Kier molecular flexibility index (Phi) is 10.0. The van der Waals surface area contributed by atoms with Gasteiger partial charge in [-0.1, -0.05) is 107 Å². The van der Waals surface area contributed by atoms with E-state index in [9.17, 15) is 9.59 Å². The van der Waals surface area contributed by atoms with E-state index in [4.69, 9.17) is 25.5 Å². The van der Waals surface area contributed by atoms with Crippen LogP contribution in [0.3, 0.4) is 0 Å². The summed E-state index contributed by atoms with van der Waals surface area (Å²) in [6.45, 7) is 12.2. The molecule has 0 amide bonds. The standard InChI is InChI=1S/C44H55ClO5/c1-27(2)10-9-11-28(3)35-16-17-36-32-15-14-30-22-31(18-20-43(30,4)37(32)19-21-44(35,36)5)49-42(47)26-48-40-25-39-34(23-38(40)45)33(24-41(46)50-39)29-12-7-6-8-13-29/h6-8,12-14,23-25,27-28,31-32,35-37H,9-11,15-22,26H2,1-5H3/t28-,31+,32-,35+,36-,37-,43+,44+/m1/s1. The van der Waals surface area contributed by atoms with Crippen molar-refractivity contribution in [1.82, 2.24) is 0 Å². The molecule has 4 aliphatic carbocycles. The molecule has 3 fully saturated rings. The number of carbonyl (C=O) groups excluding carboxylic acids is 1. The van der Waals surface area contributed by atoms with E-state index in [2.05, 4.69) is 40.7 Å². The first kappa shape index (κ1) is 35.4. The van der Waals surface area contributed by atoms with Crippen molar-refractivity contribution in [3.05, 3.63) is 75.6 Å². The fraction of sp³-hybridized carbons (Fsp3) is 0.591. The van der Waals surface area contributed by atoms with Crippen LogP contribution in [0.25, 0.3) is 22.1 Å². The molecule has 0 N–H and O–H groups in total. The number of ether oxygens (including phenoxy) is 2. The molecule has 0 aliphatic heterocycles. The van der Waals surface area contributed by atoms with Gasteiger partial charge in [-0.25, -0.2) is 9.59 Å². The highest BCUT2D eigenvalue weighted by atomic mass is 35.5. The highest BCUT2D eigenvalue weighted by molar-refractivity contribution is 6.33. The molecule has 7 rings (SSSR count). The van der Waals surface area contributed by atoms with E-state index in [1.165, 1.54) is 63.0 Å². The third kappa shape index (κ3) is 6.69. The predicted octanol–water partition coefficient (Wildman–Crippen LogP) is 11.4. The maximum Gasteiger partial charge on any atom is 0.344 e. The monoisotopic (exact) mass is 698 g/mol. The van der Waals surface area contributed by atoms with Crippen LogP contribution in [0.1, 0.15) is 105 Å². The number of allylic oxidation sites excluding steroid dienone is 1. The lowest BCUT2D eigenvalue weighted by molar-refractivity contribution is -0.153. The van der Waals surface area contributed by atoms with Gasteiger partial charge in [-0.05, 0) is 108 Å². The molecule has 268 valence electrons. The van der Waals surface area contributed by atoms with Gasteiger partial charge in [0.1, 0.15) is 17.4 Å². The largest absolute Gasteiger partial charge is 0.480 e. The highest BCUT2D eigenvalue weighted by Gasteiger charge is 2.59. The third-order valence-corrected chi connectivity index (χ3v) is 14.1. The zero-order chi connectivity index (χ0) is 35.2. The predicted molar refractivity (Wildman–Crippen MR) is 201 cm³/mol. The molecule has 0 bridgehead atoms. The minimum atomic E-state index is -0.464. The van der Waals surface area contributed by atoms with Crippen LogP contribution in [0.4, 0.5) is 0 Å². The van der Waals surface area contributed by atoms with E-state index in [1.807, 2.05) is 30.3 Å². The second-order valence-electron chi connectivity index (χ2n) is 17.1. The Morgan fingerprint density at radius 1 is 0.980 bits per heavy atom. The number of esters is 1. The molecule has 0 radical (unpaired) electrons. The molecule has 0 saturated heterocycles. The van der Waals surface area contributed by atoms with Crippen LogP contribution in [0, 0.1) is 46.3 Å². The minimum Gasteiger partial charge on any atom is -0.480 e. The van der Waals surface area contributed by atoms with Crippen molar-refractivity contribution in [3.8, 4) is 16.9 Å². The van der Waals surface area contributed by atoms with Gasteiger partial charge in [0, 0.05) is 23.9 Å². The molecular weight excluding hydrogens is 644 g/mol. The summed E-state index contributed by atoms with van der Waals surface area (Å²) < 4.78 is 17.4. The number of fused-ring (bicyclic) bond motifs is 6. The molecule has 8 atom stereocenters. The van der Waals surface area contributed by atoms with E-state index in [-0.39, 0.29) is 23.9 Å². The number of hydrogen-bond acceptors (Lipinski definition) is 5. The van der Waals surface area contributed by atoms with Crippen LogP contribution in [0.5, 0.6) is 5.75 Å². The summed E-state index contributed by atoms with van der Waals surface area (Å²) in [5.41, 5.74) is 3.69. The fourth-order valence-electron chi connectivity index (χ4n) is 11.2. The van der Waals surface area contributed by atoms with Crippen molar-refractivity contribution in [1.29, 1.82) is 0 Å². The third-order valence-electron chi connectivity index (χ3n) is 13.8. The quantitative estimate of drug-likeness (QED) is 0.120. The summed E-state index contributed by atoms with van der Waals surface area (Å²) in [6, 6.07) is 14.4. The Hall–Kier alpha value is -3.05. The number of benzene rings is 2. The van der Waals surface area contributed by atoms with Crippen molar-refractivity contribution in [2.24, 2.45) is 46.3 Å². The van der Waals surface area contributed by atoms with Gasteiger partial charge in [0.15, 0.2) is 6.61 Å². The molecule has 1 heterocycles. The number of carbonyl (C=O) groups is 1. The summed E-state index contributed by atoms with van der Waals surface area (Å²) >= 11 is 6.62. The molecule has 0 spiro atoms. The number of hydrogen-bond donors (Lipinski definition) is 0. The van der Waals surface area contributed by atoms with E-state index < -0.39 is 11.6 Å². The fourth-order valence-corrected chi connectivity index (χ4v) is 11.5. The van der Waals surface area contributed by atoms with Crippen molar-refractivity contribution in [3.63, 3.8) is 0 Å². The lowest BCUT2D eigenvalue weighted by Gasteiger charge is -2.58. The first-order chi connectivity index (χ1) is 24.0. The molecular formula is C44H55ClO5. The molecule has 0 unspecified atom stereocenters. The second kappa shape index (κ2) is 14.2. The Labute approximate surface area is 303 Å². The van der Waals surface area contributed by atoms with Crippen molar-refractivity contribution < 1.29 is 18.7 Å². The van der Waals surface area contributed by atoms with Crippen molar-refractivity contribution in [2.45, 2.75) is 111 Å². The Bertz CT molecular complexity index is 1790. The number of halogens is 1. The first-order valence-electron chi connectivity index (χ1n) is 19.3. The van der Waals surface area contributed by atoms with E-state index in [1.54, 1.807) is 12.1 Å². The molecule has 5 nitrogen and oxygen atoms in total. The lowest BCUT2D eigenvalue weighted by atomic mass is 9.47. The number of rotatable bonds is 10. The maximum atomic E-state index is 13.1. The minimum absolute atomic E-state index is 0.142. The van der Waals surface area contributed by atoms with Crippen molar-refractivity contribution in [2.75, 3.05) is 6.61 Å². The molecule has 1 aromatic heterocycles. The summed E-state index contributed by atoms with van der Waals surface area (Å²) in [7, 11) is 0. The summed E-state index contributed by atoms with van der Waals surface area (Å²) in [5.74, 6) is 4.71. The molecule has 4 aliphatic rings. The molecule has 2 aromatic carbocycles. The zero-order valence-corrected chi connectivity index (χ0v) is 31.4. The van der Waals surface area contributed by atoms with Gasteiger partial charge < -0.3 is 13.9 Å².